The van der Waals surface area contributed by atoms with E-state index < -0.39 is 5.97 Å². The molecule has 0 spiro atoms. The van der Waals surface area contributed by atoms with Gasteiger partial charge in [0, 0.05) is 5.41 Å². The Morgan fingerprint density at radius 3 is 2.15 bits per heavy atom. The van der Waals surface area contributed by atoms with Crippen LogP contribution in [0.25, 0.3) is 0 Å². The van der Waals surface area contributed by atoms with Gasteiger partial charge in [0.05, 0.1) is 19.8 Å². The summed E-state index contributed by atoms with van der Waals surface area (Å²) >= 11 is 0. The van der Waals surface area contributed by atoms with E-state index >= 15 is 0 Å². The highest BCUT2D eigenvalue weighted by atomic mass is 16.9. The largest absolute Gasteiger partial charge is 0.343 e. The fourth-order valence-electron chi connectivity index (χ4n) is 1.86. The molecule has 0 saturated carbocycles. The Balaban J connectivity index is 2.06. The summed E-state index contributed by atoms with van der Waals surface area (Å²) in [6.45, 7) is 3.82. The van der Waals surface area contributed by atoms with Crippen LogP contribution in [0.5, 0.6) is 0 Å². The van der Waals surface area contributed by atoms with Gasteiger partial charge in [0.1, 0.15) is 0 Å². The maximum atomic E-state index is 10.6. The normalized spacial score (nSPS) is 43.5. The van der Waals surface area contributed by atoms with Gasteiger partial charge < -0.3 is 14.2 Å². The zero-order valence-corrected chi connectivity index (χ0v) is 7.75. The van der Waals surface area contributed by atoms with Crippen molar-refractivity contribution in [1.82, 2.24) is 0 Å². The summed E-state index contributed by atoms with van der Waals surface area (Å²) in [7, 11) is 0. The molecule has 0 amide bonds. The Kier molecular flexibility index (Phi) is 2.14. The van der Waals surface area contributed by atoms with Crippen LogP contribution in [0.1, 0.15) is 19.8 Å². The Morgan fingerprint density at radius 2 is 1.77 bits per heavy atom. The Hall–Kier alpha value is -0.450. The van der Waals surface area contributed by atoms with E-state index in [2.05, 4.69) is 6.92 Å². The lowest BCUT2D eigenvalue weighted by molar-refractivity contribution is -0.439. The third kappa shape index (κ3) is 1.39. The minimum Gasteiger partial charge on any atom is -0.321 e. The van der Waals surface area contributed by atoms with Crippen LogP contribution in [-0.4, -0.2) is 32.1 Å². The average molecular weight is 186 g/mol. The first-order valence-electron chi connectivity index (χ1n) is 4.62. The first kappa shape index (κ1) is 9.12. The molecule has 2 bridgehead atoms. The summed E-state index contributed by atoms with van der Waals surface area (Å²) in [5.74, 6) is -1.38. The minimum atomic E-state index is -1.38. The SMILES string of the molecule is CCCC12COC(C=O)(OC1)OC2. The number of carbonyl (C=O) groups is 1. The summed E-state index contributed by atoms with van der Waals surface area (Å²) < 4.78 is 15.8. The second kappa shape index (κ2) is 3.04. The van der Waals surface area contributed by atoms with E-state index in [0.29, 0.717) is 26.1 Å². The highest BCUT2D eigenvalue weighted by molar-refractivity contribution is 5.58. The van der Waals surface area contributed by atoms with Gasteiger partial charge in [-0.2, -0.15) is 0 Å². The van der Waals surface area contributed by atoms with Gasteiger partial charge in [0.25, 0.3) is 0 Å². The maximum Gasteiger partial charge on any atom is 0.343 e. The van der Waals surface area contributed by atoms with Crippen molar-refractivity contribution in [3.63, 3.8) is 0 Å². The lowest BCUT2D eigenvalue weighted by atomic mass is 9.84. The third-order valence-electron chi connectivity index (χ3n) is 2.66. The topological polar surface area (TPSA) is 44.8 Å². The van der Waals surface area contributed by atoms with Crippen LogP contribution in [0.2, 0.25) is 0 Å². The van der Waals surface area contributed by atoms with E-state index in [4.69, 9.17) is 14.2 Å². The van der Waals surface area contributed by atoms with Crippen LogP contribution < -0.4 is 0 Å². The summed E-state index contributed by atoms with van der Waals surface area (Å²) in [6.07, 6.45) is 2.67. The molecule has 4 heteroatoms. The van der Waals surface area contributed by atoms with E-state index in [0.717, 1.165) is 12.8 Å². The number of rotatable bonds is 3. The van der Waals surface area contributed by atoms with E-state index in [1.165, 1.54) is 0 Å². The van der Waals surface area contributed by atoms with E-state index in [-0.39, 0.29) is 5.41 Å². The maximum absolute atomic E-state index is 10.6. The molecule has 0 N–H and O–H groups in total. The first-order chi connectivity index (χ1) is 6.24. The highest BCUT2D eigenvalue weighted by Crippen LogP contribution is 2.40. The minimum absolute atomic E-state index is 0.0144. The molecule has 3 fully saturated rings. The van der Waals surface area contributed by atoms with Gasteiger partial charge in [-0.25, -0.2) is 0 Å². The van der Waals surface area contributed by atoms with Gasteiger partial charge in [-0.3, -0.25) is 4.79 Å². The molecule has 0 unspecified atom stereocenters. The smallest absolute Gasteiger partial charge is 0.321 e. The highest BCUT2D eigenvalue weighted by Gasteiger charge is 2.52. The van der Waals surface area contributed by atoms with Gasteiger partial charge in [0.2, 0.25) is 6.29 Å². The van der Waals surface area contributed by atoms with E-state index in [1.54, 1.807) is 0 Å². The number of ether oxygens (including phenoxy) is 3. The quantitative estimate of drug-likeness (QED) is 0.609. The zero-order valence-electron chi connectivity index (χ0n) is 7.75. The van der Waals surface area contributed by atoms with Gasteiger partial charge in [-0.1, -0.05) is 13.3 Å². The molecule has 3 aliphatic rings. The van der Waals surface area contributed by atoms with Gasteiger partial charge >= 0.3 is 5.97 Å². The van der Waals surface area contributed by atoms with Crippen molar-refractivity contribution in [2.24, 2.45) is 5.41 Å². The van der Waals surface area contributed by atoms with Crippen molar-refractivity contribution < 1.29 is 19.0 Å². The molecule has 0 atom stereocenters. The summed E-state index contributed by atoms with van der Waals surface area (Å²) in [4.78, 5) is 10.6. The summed E-state index contributed by atoms with van der Waals surface area (Å²) in [5.41, 5.74) is -0.0144. The van der Waals surface area contributed by atoms with Crippen LogP contribution in [-0.2, 0) is 19.0 Å². The zero-order chi connectivity index (χ0) is 9.36. The number of hydrogen-bond acceptors (Lipinski definition) is 4. The number of carbonyl (C=O) groups excluding carboxylic acids is 1. The number of fused-ring (bicyclic) bond motifs is 3. The molecule has 0 radical (unpaired) electrons. The molecule has 3 aliphatic heterocycles. The molecule has 0 aromatic rings. The van der Waals surface area contributed by atoms with Crippen molar-refractivity contribution in [3.8, 4) is 0 Å². The molecule has 74 valence electrons. The van der Waals surface area contributed by atoms with Gasteiger partial charge in [-0.15, -0.1) is 0 Å². The molecule has 13 heavy (non-hydrogen) atoms. The predicted molar refractivity (Wildman–Crippen MR) is 44.0 cm³/mol. The fraction of sp³-hybridized carbons (Fsp3) is 0.889. The summed E-state index contributed by atoms with van der Waals surface area (Å²) in [5, 5.41) is 0. The molecule has 0 aromatic carbocycles. The molecule has 4 nitrogen and oxygen atoms in total. The van der Waals surface area contributed by atoms with Crippen molar-refractivity contribution >= 4 is 6.29 Å². The van der Waals surface area contributed by atoms with Crippen molar-refractivity contribution in [2.45, 2.75) is 25.7 Å². The molecule has 0 aliphatic carbocycles. The second-order valence-electron chi connectivity index (χ2n) is 3.84. The molecular weight excluding hydrogens is 172 g/mol. The van der Waals surface area contributed by atoms with Crippen molar-refractivity contribution in [2.75, 3.05) is 19.8 Å². The van der Waals surface area contributed by atoms with Crippen LogP contribution in [0.3, 0.4) is 0 Å². The lowest BCUT2D eigenvalue weighted by Gasteiger charge is -2.49. The van der Waals surface area contributed by atoms with Gasteiger partial charge in [0.15, 0.2) is 0 Å². The van der Waals surface area contributed by atoms with Gasteiger partial charge in [-0.05, 0) is 6.42 Å². The van der Waals surface area contributed by atoms with Crippen LogP contribution in [0, 0.1) is 5.41 Å². The molecule has 3 rings (SSSR count). The average Bonchev–Trinajstić information content (AvgIpc) is 2.21. The van der Waals surface area contributed by atoms with Crippen LogP contribution in [0.4, 0.5) is 0 Å². The Morgan fingerprint density at radius 1 is 1.23 bits per heavy atom. The fourth-order valence-corrected chi connectivity index (χ4v) is 1.86. The summed E-state index contributed by atoms with van der Waals surface area (Å²) in [6, 6.07) is 0. The Labute approximate surface area is 77.1 Å². The van der Waals surface area contributed by atoms with Crippen LogP contribution in [0.15, 0.2) is 0 Å². The molecule has 3 heterocycles. The lowest BCUT2D eigenvalue weighted by Crippen LogP contribution is -2.60. The predicted octanol–water partition coefficient (Wildman–Crippen LogP) is 0.703. The van der Waals surface area contributed by atoms with E-state index in [9.17, 15) is 4.79 Å². The Bertz CT molecular complexity index is 189. The number of aldehydes is 1. The van der Waals surface area contributed by atoms with Crippen molar-refractivity contribution in [1.29, 1.82) is 0 Å². The monoisotopic (exact) mass is 186 g/mol. The number of hydrogen-bond donors (Lipinski definition) is 0. The standard InChI is InChI=1S/C9H14O4/c1-2-3-8-5-11-9(4-10,12-6-8)13-7-8/h4H,2-3,5-7H2,1H3. The first-order valence-corrected chi connectivity index (χ1v) is 4.62. The third-order valence-corrected chi connectivity index (χ3v) is 2.66. The molecule has 3 saturated heterocycles. The molecular formula is C9H14O4. The second-order valence-corrected chi connectivity index (χ2v) is 3.84. The van der Waals surface area contributed by atoms with Crippen LogP contribution >= 0.6 is 0 Å². The van der Waals surface area contributed by atoms with E-state index in [1.807, 2.05) is 0 Å². The molecule has 0 aromatic heterocycles. The van der Waals surface area contributed by atoms with Crippen molar-refractivity contribution in [3.05, 3.63) is 0 Å².